The standard InChI is InChI=1S/C28H40O6/c1-2-14-26-25(13-1)31-21-9-5-17-29-19-7-11-23-33-27-15-3-4-16-28(27)34-24-12-8-20-30-18-6-10-22-32-26/h1-4,13-16H,5-12,17-24H2. The van der Waals surface area contributed by atoms with Gasteiger partial charge >= 0.3 is 0 Å². The Labute approximate surface area is 204 Å². The topological polar surface area (TPSA) is 55.4 Å². The number of fused-ring (bicyclic) bond motifs is 2. The molecule has 0 radical (unpaired) electrons. The number of hydrogen-bond acceptors (Lipinski definition) is 6. The lowest BCUT2D eigenvalue weighted by Gasteiger charge is -2.13. The summed E-state index contributed by atoms with van der Waals surface area (Å²) in [7, 11) is 0. The molecular weight excluding hydrogens is 432 g/mol. The van der Waals surface area contributed by atoms with Gasteiger partial charge in [0.2, 0.25) is 0 Å². The fraction of sp³-hybridized carbons (Fsp3) is 0.571. The van der Waals surface area contributed by atoms with Gasteiger partial charge in [0.15, 0.2) is 23.0 Å². The lowest BCUT2D eigenvalue weighted by Crippen LogP contribution is -2.06. The monoisotopic (exact) mass is 472 g/mol. The highest BCUT2D eigenvalue weighted by atomic mass is 16.5. The highest BCUT2D eigenvalue weighted by Gasteiger charge is 2.06. The second kappa shape index (κ2) is 17.1. The lowest BCUT2D eigenvalue weighted by molar-refractivity contribution is 0.116. The summed E-state index contributed by atoms with van der Waals surface area (Å²) in [6, 6.07) is 15.8. The van der Waals surface area contributed by atoms with Gasteiger partial charge in [-0.05, 0) is 75.6 Å². The Kier molecular flexibility index (Phi) is 13.1. The van der Waals surface area contributed by atoms with Crippen LogP contribution in [0.25, 0.3) is 0 Å². The van der Waals surface area contributed by atoms with E-state index in [1.807, 2.05) is 48.5 Å². The molecule has 0 saturated heterocycles. The zero-order chi connectivity index (χ0) is 23.5. The smallest absolute Gasteiger partial charge is 0.161 e. The van der Waals surface area contributed by atoms with Gasteiger partial charge in [-0.15, -0.1) is 0 Å². The Morgan fingerprint density at radius 2 is 0.559 bits per heavy atom. The molecule has 0 saturated carbocycles. The van der Waals surface area contributed by atoms with Crippen LogP contribution in [-0.2, 0) is 9.47 Å². The molecule has 6 heteroatoms. The molecule has 2 aromatic rings. The average Bonchev–Trinajstić information content (AvgIpc) is 2.86. The first-order valence-electron chi connectivity index (χ1n) is 12.8. The summed E-state index contributed by atoms with van der Waals surface area (Å²) in [6.07, 6.45) is 7.71. The molecule has 1 heterocycles. The second-order valence-corrected chi connectivity index (χ2v) is 8.34. The van der Waals surface area contributed by atoms with Gasteiger partial charge in [0.1, 0.15) is 0 Å². The van der Waals surface area contributed by atoms with E-state index in [9.17, 15) is 0 Å². The maximum atomic E-state index is 5.94. The van der Waals surface area contributed by atoms with Gasteiger partial charge in [-0.2, -0.15) is 0 Å². The summed E-state index contributed by atoms with van der Waals surface area (Å²) in [5, 5.41) is 0. The molecule has 0 spiro atoms. The zero-order valence-electron chi connectivity index (χ0n) is 20.4. The Morgan fingerprint density at radius 1 is 0.324 bits per heavy atom. The molecule has 0 amide bonds. The van der Waals surface area contributed by atoms with Crippen LogP contribution < -0.4 is 18.9 Å². The minimum Gasteiger partial charge on any atom is -0.490 e. The Balaban J connectivity index is 1.42. The van der Waals surface area contributed by atoms with Crippen molar-refractivity contribution in [2.75, 3.05) is 52.9 Å². The van der Waals surface area contributed by atoms with E-state index in [0.717, 1.165) is 101 Å². The largest absolute Gasteiger partial charge is 0.490 e. The van der Waals surface area contributed by atoms with Gasteiger partial charge in [-0.25, -0.2) is 0 Å². The van der Waals surface area contributed by atoms with Crippen LogP contribution in [0, 0.1) is 0 Å². The summed E-state index contributed by atoms with van der Waals surface area (Å²) in [4.78, 5) is 0. The highest BCUT2D eigenvalue weighted by Crippen LogP contribution is 2.27. The van der Waals surface area contributed by atoms with Gasteiger partial charge < -0.3 is 28.4 Å². The first kappa shape index (κ1) is 26.2. The number of benzene rings is 2. The summed E-state index contributed by atoms with van der Waals surface area (Å²) in [6.45, 7) is 5.64. The average molecular weight is 473 g/mol. The highest BCUT2D eigenvalue weighted by molar-refractivity contribution is 5.40. The second-order valence-electron chi connectivity index (χ2n) is 8.34. The van der Waals surface area contributed by atoms with E-state index in [1.165, 1.54) is 0 Å². The van der Waals surface area contributed by atoms with Crippen LogP contribution in [0.3, 0.4) is 0 Å². The molecule has 3 rings (SSSR count). The Morgan fingerprint density at radius 3 is 0.824 bits per heavy atom. The molecule has 0 fully saturated rings. The minimum absolute atomic E-state index is 0.660. The van der Waals surface area contributed by atoms with Crippen molar-refractivity contribution in [3.05, 3.63) is 48.5 Å². The van der Waals surface area contributed by atoms with E-state index in [2.05, 4.69) is 0 Å². The maximum Gasteiger partial charge on any atom is 0.161 e. The van der Waals surface area contributed by atoms with E-state index in [0.29, 0.717) is 26.4 Å². The molecule has 0 N–H and O–H groups in total. The third-order valence-corrected chi connectivity index (χ3v) is 5.46. The van der Waals surface area contributed by atoms with Gasteiger partial charge in [0, 0.05) is 26.4 Å². The molecule has 1 aliphatic heterocycles. The van der Waals surface area contributed by atoms with E-state index >= 15 is 0 Å². The first-order chi connectivity index (χ1) is 16.9. The number of ether oxygens (including phenoxy) is 6. The maximum absolute atomic E-state index is 5.94. The zero-order valence-corrected chi connectivity index (χ0v) is 20.4. The molecule has 0 unspecified atom stereocenters. The number of rotatable bonds is 0. The summed E-state index contributed by atoms with van der Waals surface area (Å²) >= 11 is 0. The van der Waals surface area contributed by atoms with Crippen molar-refractivity contribution in [3.63, 3.8) is 0 Å². The van der Waals surface area contributed by atoms with E-state index in [4.69, 9.17) is 28.4 Å². The third kappa shape index (κ3) is 10.7. The first-order valence-corrected chi connectivity index (χ1v) is 12.8. The van der Waals surface area contributed by atoms with Crippen molar-refractivity contribution in [3.8, 4) is 23.0 Å². The molecule has 1 aliphatic rings. The van der Waals surface area contributed by atoms with Crippen molar-refractivity contribution in [2.24, 2.45) is 0 Å². The Hall–Kier alpha value is -2.44. The van der Waals surface area contributed by atoms with Crippen molar-refractivity contribution < 1.29 is 28.4 Å². The molecule has 0 bridgehead atoms. The van der Waals surface area contributed by atoms with Crippen LogP contribution in [-0.4, -0.2) is 52.9 Å². The van der Waals surface area contributed by atoms with E-state index in [-0.39, 0.29) is 0 Å². The molecule has 188 valence electrons. The fourth-order valence-corrected chi connectivity index (χ4v) is 3.53. The molecular formula is C28H40O6. The molecule has 0 atom stereocenters. The van der Waals surface area contributed by atoms with Crippen LogP contribution in [0.2, 0.25) is 0 Å². The van der Waals surface area contributed by atoms with Crippen LogP contribution in [0.5, 0.6) is 23.0 Å². The lowest BCUT2D eigenvalue weighted by atomic mass is 10.3. The molecule has 6 nitrogen and oxygen atoms in total. The fourth-order valence-electron chi connectivity index (χ4n) is 3.53. The molecule has 0 aromatic heterocycles. The third-order valence-electron chi connectivity index (χ3n) is 5.46. The van der Waals surface area contributed by atoms with Crippen LogP contribution in [0.1, 0.15) is 51.4 Å². The van der Waals surface area contributed by atoms with Crippen molar-refractivity contribution in [1.29, 1.82) is 0 Å². The van der Waals surface area contributed by atoms with Crippen molar-refractivity contribution in [1.82, 2.24) is 0 Å². The normalized spacial score (nSPS) is 18.6. The van der Waals surface area contributed by atoms with E-state index in [1.54, 1.807) is 0 Å². The quantitative estimate of drug-likeness (QED) is 0.464. The van der Waals surface area contributed by atoms with Gasteiger partial charge in [0.25, 0.3) is 0 Å². The predicted octanol–water partition coefficient (Wildman–Crippen LogP) is 6.07. The van der Waals surface area contributed by atoms with Crippen LogP contribution in [0.15, 0.2) is 48.5 Å². The minimum atomic E-state index is 0.660. The van der Waals surface area contributed by atoms with Crippen molar-refractivity contribution in [2.45, 2.75) is 51.4 Å². The van der Waals surface area contributed by atoms with Crippen LogP contribution in [0.4, 0.5) is 0 Å². The summed E-state index contributed by atoms with van der Waals surface area (Å²) in [5.74, 6) is 3.24. The Bertz CT molecular complexity index is 653. The van der Waals surface area contributed by atoms with Crippen LogP contribution >= 0.6 is 0 Å². The van der Waals surface area contributed by atoms with Gasteiger partial charge in [-0.1, -0.05) is 24.3 Å². The molecule has 34 heavy (non-hydrogen) atoms. The van der Waals surface area contributed by atoms with Gasteiger partial charge in [-0.3, -0.25) is 0 Å². The molecule has 2 aromatic carbocycles. The number of para-hydroxylation sites is 4. The van der Waals surface area contributed by atoms with Gasteiger partial charge in [0.05, 0.1) is 26.4 Å². The predicted molar refractivity (Wildman–Crippen MR) is 133 cm³/mol. The number of hydrogen-bond donors (Lipinski definition) is 0. The van der Waals surface area contributed by atoms with E-state index < -0.39 is 0 Å². The summed E-state index contributed by atoms with van der Waals surface area (Å²) < 4.78 is 35.3. The van der Waals surface area contributed by atoms with Crippen molar-refractivity contribution >= 4 is 0 Å². The SMILES string of the molecule is c1ccc2c(c1)OCCCCOCCCCOc1ccccc1OCCCCOCCCCO2. The molecule has 0 aliphatic carbocycles. The summed E-state index contributed by atoms with van der Waals surface area (Å²) in [5.41, 5.74) is 0.